The van der Waals surface area contributed by atoms with Crippen molar-refractivity contribution in [2.75, 3.05) is 0 Å². The second kappa shape index (κ2) is 9.06. The molecule has 5 rings (SSSR count). The van der Waals surface area contributed by atoms with Crippen molar-refractivity contribution in [3.63, 3.8) is 0 Å². The van der Waals surface area contributed by atoms with E-state index in [1.165, 1.54) is 18.4 Å². The lowest BCUT2D eigenvalue weighted by Gasteiger charge is -2.16. The first-order chi connectivity index (χ1) is 16.8. The molecule has 178 valence electrons. The van der Waals surface area contributed by atoms with Gasteiger partial charge in [0.1, 0.15) is 0 Å². The number of aromatic nitrogens is 1. The Morgan fingerprint density at radius 2 is 1.77 bits per heavy atom. The molecule has 0 unspecified atom stereocenters. The van der Waals surface area contributed by atoms with Gasteiger partial charge < -0.3 is 15.6 Å². The van der Waals surface area contributed by atoms with Crippen LogP contribution >= 0.6 is 0 Å². The average Bonchev–Trinajstić information content (AvgIpc) is 3.69. The number of amides is 2. The zero-order valence-electron chi connectivity index (χ0n) is 20.5. The Kier molecular flexibility index (Phi) is 5.93. The maximum absolute atomic E-state index is 13.1. The van der Waals surface area contributed by atoms with Crippen LogP contribution in [0, 0.1) is 13.8 Å². The first-order valence-electron chi connectivity index (χ1n) is 12.2. The summed E-state index contributed by atoms with van der Waals surface area (Å²) in [5.74, 6) is 0.185. The largest absolute Gasteiger partial charge is 0.366 e. The number of hydrogen-bond donors (Lipinski definition) is 2. The predicted molar refractivity (Wildman–Crippen MR) is 140 cm³/mol. The number of fused-ring (bicyclic) bond motifs is 1. The topological polar surface area (TPSA) is 77.1 Å². The zero-order valence-corrected chi connectivity index (χ0v) is 20.5. The van der Waals surface area contributed by atoms with Crippen LogP contribution in [-0.2, 0) is 6.54 Å². The first-order valence-corrected chi connectivity index (χ1v) is 12.2. The summed E-state index contributed by atoms with van der Waals surface area (Å²) in [4.78, 5) is 24.7. The molecule has 4 aromatic rings. The van der Waals surface area contributed by atoms with Crippen LogP contribution in [0.25, 0.3) is 10.9 Å². The van der Waals surface area contributed by atoms with Crippen molar-refractivity contribution in [2.45, 2.75) is 52.1 Å². The molecule has 3 aromatic carbocycles. The lowest BCUT2D eigenvalue weighted by Crippen LogP contribution is -2.26. The summed E-state index contributed by atoms with van der Waals surface area (Å²) in [6, 6.07) is 21.8. The Labute approximate surface area is 206 Å². The molecule has 0 spiro atoms. The van der Waals surface area contributed by atoms with Gasteiger partial charge in [-0.2, -0.15) is 0 Å². The van der Waals surface area contributed by atoms with E-state index in [4.69, 9.17) is 5.73 Å². The number of benzene rings is 3. The molecule has 35 heavy (non-hydrogen) atoms. The van der Waals surface area contributed by atoms with Crippen LogP contribution in [0.5, 0.6) is 0 Å². The van der Waals surface area contributed by atoms with Crippen LogP contribution in [0.3, 0.4) is 0 Å². The molecule has 5 nitrogen and oxygen atoms in total. The smallest absolute Gasteiger partial charge is 0.251 e. The van der Waals surface area contributed by atoms with E-state index in [0.29, 0.717) is 23.6 Å². The molecule has 0 saturated heterocycles. The molecule has 1 aliphatic carbocycles. The summed E-state index contributed by atoms with van der Waals surface area (Å²) in [6.45, 7) is 6.83. The van der Waals surface area contributed by atoms with Crippen molar-refractivity contribution in [1.29, 1.82) is 0 Å². The number of nitrogens with one attached hydrogen (secondary N) is 1. The zero-order chi connectivity index (χ0) is 24.7. The Morgan fingerprint density at radius 1 is 1.00 bits per heavy atom. The molecule has 1 atom stereocenters. The third kappa shape index (κ3) is 4.59. The van der Waals surface area contributed by atoms with Gasteiger partial charge in [-0.1, -0.05) is 36.4 Å². The van der Waals surface area contributed by atoms with E-state index in [2.05, 4.69) is 48.0 Å². The highest BCUT2D eigenvalue weighted by atomic mass is 16.2. The third-order valence-corrected chi connectivity index (χ3v) is 7.26. The van der Waals surface area contributed by atoms with Crippen LogP contribution in [0.15, 0.2) is 66.7 Å². The highest BCUT2D eigenvalue weighted by Crippen LogP contribution is 2.40. The maximum Gasteiger partial charge on any atom is 0.251 e. The fourth-order valence-electron chi connectivity index (χ4n) is 4.86. The fraction of sp³-hybridized carbons (Fsp3) is 0.267. The number of rotatable bonds is 7. The number of carbonyl (C=O) groups is 2. The first kappa shape index (κ1) is 22.9. The molecule has 3 N–H and O–H groups in total. The maximum atomic E-state index is 13.1. The number of aryl methyl sites for hydroxylation is 1. The molecule has 0 bridgehead atoms. The van der Waals surface area contributed by atoms with Gasteiger partial charge in [-0.15, -0.1) is 0 Å². The average molecular weight is 466 g/mol. The van der Waals surface area contributed by atoms with Gasteiger partial charge in [0.05, 0.1) is 6.04 Å². The number of primary amides is 1. The molecule has 1 aromatic heterocycles. The van der Waals surface area contributed by atoms with E-state index in [1.807, 2.05) is 43.3 Å². The van der Waals surface area contributed by atoms with Crippen LogP contribution in [0.2, 0.25) is 0 Å². The summed E-state index contributed by atoms with van der Waals surface area (Å²) >= 11 is 0. The molecule has 1 saturated carbocycles. The van der Waals surface area contributed by atoms with Crippen molar-refractivity contribution in [1.82, 2.24) is 9.88 Å². The molecule has 1 aliphatic rings. The summed E-state index contributed by atoms with van der Waals surface area (Å²) in [7, 11) is 0. The number of carbonyl (C=O) groups excluding carboxylic acids is 2. The molecule has 0 radical (unpaired) electrons. The minimum Gasteiger partial charge on any atom is -0.366 e. The Balaban J connectivity index is 1.39. The van der Waals surface area contributed by atoms with Gasteiger partial charge in [0, 0.05) is 34.3 Å². The van der Waals surface area contributed by atoms with Gasteiger partial charge in [-0.25, -0.2) is 0 Å². The Hall–Kier alpha value is -3.86. The Bertz CT molecular complexity index is 1450. The standard InChI is InChI=1S/C30H31N3O2/c1-18-20(3)33(17-21-6-4-9-25(14-21)29(31)34)28-13-12-26(16-27(18)28)30(35)32-19(2)23-7-5-8-24(15-23)22-10-11-22/h4-9,12-16,19,22H,10-11,17H2,1-3H3,(H2,31,34)(H,32,35)/t19-/m0/s1. The van der Waals surface area contributed by atoms with Crippen molar-refractivity contribution >= 4 is 22.7 Å². The molecular formula is C30H31N3O2. The lowest BCUT2D eigenvalue weighted by atomic mass is 10.0. The second-order valence-electron chi connectivity index (χ2n) is 9.73. The summed E-state index contributed by atoms with van der Waals surface area (Å²) in [5.41, 5.74) is 13.5. The third-order valence-electron chi connectivity index (χ3n) is 7.26. The number of nitrogens with two attached hydrogens (primary N) is 1. The summed E-state index contributed by atoms with van der Waals surface area (Å²) in [5, 5.41) is 4.23. The molecule has 5 heteroatoms. The van der Waals surface area contributed by atoms with E-state index in [-0.39, 0.29) is 11.9 Å². The van der Waals surface area contributed by atoms with Crippen molar-refractivity contribution in [3.8, 4) is 0 Å². The highest BCUT2D eigenvalue weighted by molar-refractivity contribution is 5.99. The van der Waals surface area contributed by atoms with Gasteiger partial charge >= 0.3 is 0 Å². The fourth-order valence-corrected chi connectivity index (χ4v) is 4.86. The Morgan fingerprint density at radius 3 is 2.51 bits per heavy atom. The van der Waals surface area contributed by atoms with Gasteiger partial charge in [0.2, 0.25) is 5.91 Å². The van der Waals surface area contributed by atoms with Gasteiger partial charge in [0.15, 0.2) is 0 Å². The summed E-state index contributed by atoms with van der Waals surface area (Å²) in [6.07, 6.45) is 2.53. The van der Waals surface area contributed by atoms with Crippen molar-refractivity contribution in [3.05, 3.63) is 106 Å². The van der Waals surface area contributed by atoms with Crippen LogP contribution in [-0.4, -0.2) is 16.4 Å². The monoisotopic (exact) mass is 465 g/mol. The van der Waals surface area contributed by atoms with E-state index in [0.717, 1.165) is 33.3 Å². The lowest BCUT2D eigenvalue weighted by molar-refractivity contribution is 0.0939. The number of hydrogen-bond acceptors (Lipinski definition) is 2. The molecular weight excluding hydrogens is 434 g/mol. The van der Waals surface area contributed by atoms with E-state index < -0.39 is 5.91 Å². The van der Waals surface area contributed by atoms with Gasteiger partial charge in [-0.05, 0) is 92.1 Å². The molecule has 1 heterocycles. The minimum atomic E-state index is -0.429. The summed E-state index contributed by atoms with van der Waals surface area (Å²) < 4.78 is 2.22. The van der Waals surface area contributed by atoms with Crippen molar-refractivity contribution in [2.24, 2.45) is 5.73 Å². The van der Waals surface area contributed by atoms with E-state index in [9.17, 15) is 9.59 Å². The van der Waals surface area contributed by atoms with E-state index >= 15 is 0 Å². The van der Waals surface area contributed by atoms with E-state index in [1.54, 1.807) is 6.07 Å². The van der Waals surface area contributed by atoms with Crippen LogP contribution in [0.1, 0.15) is 80.4 Å². The van der Waals surface area contributed by atoms with Crippen LogP contribution < -0.4 is 11.1 Å². The highest BCUT2D eigenvalue weighted by Gasteiger charge is 2.24. The van der Waals surface area contributed by atoms with Gasteiger partial charge in [0.25, 0.3) is 5.91 Å². The molecule has 1 fully saturated rings. The predicted octanol–water partition coefficient (Wildman–Crippen LogP) is 5.77. The second-order valence-corrected chi connectivity index (χ2v) is 9.73. The molecule has 0 aliphatic heterocycles. The normalized spacial score (nSPS) is 14.1. The van der Waals surface area contributed by atoms with Crippen molar-refractivity contribution < 1.29 is 9.59 Å². The number of nitrogens with zero attached hydrogens (tertiary/aromatic N) is 1. The minimum absolute atomic E-state index is 0.0677. The van der Waals surface area contributed by atoms with Crippen LogP contribution in [0.4, 0.5) is 0 Å². The van der Waals surface area contributed by atoms with Gasteiger partial charge in [-0.3, -0.25) is 9.59 Å². The quantitative estimate of drug-likeness (QED) is 0.363. The molecule has 2 amide bonds. The SMILES string of the molecule is Cc1c(C)n(Cc2cccc(C(N)=O)c2)c2ccc(C(=O)N[C@@H](C)c3cccc(C4CC4)c3)cc12.